The van der Waals surface area contributed by atoms with Gasteiger partial charge in [-0.2, -0.15) is 0 Å². The molecule has 158 valence electrons. The van der Waals surface area contributed by atoms with Gasteiger partial charge in [0.1, 0.15) is 0 Å². The molecule has 1 N–H and O–H groups in total. The summed E-state index contributed by atoms with van der Waals surface area (Å²) in [6, 6.07) is 9.76. The Morgan fingerprint density at radius 3 is 2.93 bits per heavy atom. The van der Waals surface area contributed by atoms with Crippen molar-refractivity contribution in [2.45, 2.75) is 38.3 Å². The fourth-order valence-electron chi connectivity index (χ4n) is 6.24. The van der Waals surface area contributed by atoms with E-state index in [0.29, 0.717) is 5.41 Å². The predicted octanol–water partition coefficient (Wildman–Crippen LogP) is 3.51. The largest absolute Gasteiger partial charge is 0.384 e. The molecule has 5 heteroatoms. The molecule has 3 atom stereocenters. The molecule has 5 nitrogen and oxygen atoms in total. The third-order valence-corrected chi connectivity index (χ3v) is 7.75. The van der Waals surface area contributed by atoms with Crippen LogP contribution in [-0.2, 0) is 16.0 Å². The van der Waals surface area contributed by atoms with E-state index in [4.69, 9.17) is 9.47 Å². The van der Waals surface area contributed by atoms with E-state index in [1.54, 1.807) is 0 Å². The van der Waals surface area contributed by atoms with E-state index in [0.717, 1.165) is 51.4 Å². The molecule has 1 saturated carbocycles. The number of morpholine rings is 1. The highest BCUT2D eigenvalue weighted by Crippen LogP contribution is 2.48. The smallest absolute Gasteiger partial charge is 0.0594 e. The van der Waals surface area contributed by atoms with Gasteiger partial charge < -0.3 is 14.5 Å². The minimum absolute atomic E-state index is 0.327. The van der Waals surface area contributed by atoms with E-state index in [9.17, 15) is 0 Å². The molecule has 0 spiro atoms. The molecular weight excluding hydrogens is 362 g/mol. The van der Waals surface area contributed by atoms with Crippen LogP contribution in [0, 0.1) is 11.3 Å². The fraction of sp³-hybridized carbons (Fsp3) is 0.667. The van der Waals surface area contributed by atoms with E-state index >= 15 is 0 Å². The number of piperidine rings is 1. The molecule has 5 rings (SSSR count). The molecule has 1 aromatic heterocycles. The number of ether oxygens (including phenoxy) is 2. The summed E-state index contributed by atoms with van der Waals surface area (Å²) < 4.78 is 11.4. The van der Waals surface area contributed by atoms with Crippen molar-refractivity contribution in [1.29, 1.82) is 0 Å². The minimum Gasteiger partial charge on any atom is -0.384 e. The van der Waals surface area contributed by atoms with Crippen LogP contribution in [0.2, 0.25) is 0 Å². The van der Waals surface area contributed by atoms with Crippen LogP contribution in [0.1, 0.15) is 31.2 Å². The van der Waals surface area contributed by atoms with Crippen molar-refractivity contribution >= 4 is 10.9 Å². The number of H-pyrrole nitrogens is 1. The van der Waals surface area contributed by atoms with E-state index in [-0.39, 0.29) is 0 Å². The van der Waals surface area contributed by atoms with E-state index in [1.165, 1.54) is 55.2 Å². The first-order valence-corrected chi connectivity index (χ1v) is 11.3. The molecule has 0 unspecified atom stereocenters. The highest BCUT2D eigenvalue weighted by atomic mass is 16.5. The van der Waals surface area contributed by atoms with Crippen LogP contribution in [0.3, 0.4) is 0 Å². The second kappa shape index (κ2) is 8.38. The molecule has 2 aromatic rings. The number of likely N-dealkylation sites (tertiary alicyclic amines) is 1. The van der Waals surface area contributed by atoms with Crippen molar-refractivity contribution in [3.8, 4) is 0 Å². The van der Waals surface area contributed by atoms with Gasteiger partial charge in [0.2, 0.25) is 0 Å². The highest BCUT2D eigenvalue weighted by molar-refractivity contribution is 5.79. The summed E-state index contributed by atoms with van der Waals surface area (Å²) in [5, 5.41) is 1.31. The summed E-state index contributed by atoms with van der Waals surface area (Å²) in [5.41, 5.74) is 2.98. The monoisotopic (exact) mass is 397 g/mol. The van der Waals surface area contributed by atoms with Gasteiger partial charge in [-0.3, -0.25) is 9.80 Å². The lowest BCUT2D eigenvalue weighted by molar-refractivity contribution is -0.0870. The maximum atomic E-state index is 5.80. The van der Waals surface area contributed by atoms with Crippen molar-refractivity contribution in [2.24, 2.45) is 11.3 Å². The van der Waals surface area contributed by atoms with Gasteiger partial charge in [0.25, 0.3) is 0 Å². The van der Waals surface area contributed by atoms with E-state index in [2.05, 4.69) is 39.0 Å². The van der Waals surface area contributed by atoms with Crippen molar-refractivity contribution in [1.82, 2.24) is 14.8 Å². The maximum Gasteiger partial charge on any atom is 0.0594 e. The van der Waals surface area contributed by atoms with Gasteiger partial charge in [-0.1, -0.05) is 6.07 Å². The second-order valence-electron chi connectivity index (χ2n) is 9.47. The number of fused-ring (bicyclic) bond motifs is 2. The molecule has 0 radical (unpaired) electrons. The van der Waals surface area contributed by atoms with Crippen LogP contribution in [0.4, 0.5) is 0 Å². The molecular formula is C24H35N3O2. The van der Waals surface area contributed by atoms with Crippen LogP contribution in [0.15, 0.2) is 30.5 Å². The Kier molecular flexibility index (Phi) is 5.65. The molecule has 2 aliphatic heterocycles. The first-order chi connectivity index (χ1) is 14.3. The zero-order chi connectivity index (χ0) is 19.7. The molecule has 2 saturated heterocycles. The summed E-state index contributed by atoms with van der Waals surface area (Å²) in [6.45, 7) is 8.37. The molecule has 3 heterocycles. The molecule has 1 aliphatic carbocycles. The summed E-state index contributed by atoms with van der Waals surface area (Å²) in [7, 11) is 1.89. The number of aromatic amines is 1. The summed E-state index contributed by atoms with van der Waals surface area (Å²) in [6.07, 6.45) is 7.27. The standard InChI is InChI=1S/C24H35N3O2/c1-28-18-24-7-4-22(27-10-12-29-13-11-27)15-21(24)6-9-26(17-24)16-19-2-3-23-20(14-19)5-8-25-23/h2-3,5,8,14,21-22,25H,4,6-7,9-13,15-18H2,1H3/t21-,22-,24+/m1/s1. The molecule has 29 heavy (non-hydrogen) atoms. The van der Waals surface area contributed by atoms with Gasteiger partial charge in [0.05, 0.1) is 19.8 Å². The van der Waals surface area contributed by atoms with Crippen molar-refractivity contribution in [3.63, 3.8) is 0 Å². The minimum atomic E-state index is 0.327. The fourth-order valence-corrected chi connectivity index (χ4v) is 6.24. The molecule has 3 fully saturated rings. The van der Waals surface area contributed by atoms with E-state index < -0.39 is 0 Å². The Balaban J connectivity index is 1.27. The van der Waals surface area contributed by atoms with Crippen LogP contribution >= 0.6 is 0 Å². The quantitative estimate of drug-likeness (QED) is 0.838. The zero-order valence-corrected chi connectivity index (χ0v) is 17.7. The number of hydrogen-bond donors (Lipinski definition) is 1. The third-order valence-electron chi connectivity index (χ3n) is 7.75. The number of hydrogen-bond acceptors (Lipinski definition) is 4. The summed E-state index contributed by atoms with van der Waals surface area (Å²) in [4.78, 5) is 8.67. The van der Waals surface area contributed by atoms with Gasteiger partial charge in [-0.15, -0.1) is 0 Å². The van der Waals surface area contributed by atoms with Crippen molar-refractivity contribution < 1.29 is 9.47 Å². The number of nitrogens with one attached hydrogen (secondary N) is 1. The van der Waals surface area contributed by atoms with Gasteiger partial charge >= 0.3 is 0 Å². The lowest BCUT2D eigenvalue weighted by Crippen LogP contribution is -2.56. The predicted molar refractivity (Wildman–Crippen MR) is 116 cm³/mol. The highest BCUT2D eigenvalue weighted by Gasteiger charge is 2.47. The summed E-state index contributed by atoms with van der Waals surface area (Å²) >= 11 is 0. The molecule has 3 aliphatic rings. The second-order valence-corrected chi connectivity index (χ2v) is 9.47. The Bertz CT molecular complexity index is 815. The Hall–Kier alpha value is -1.40. The van der Waals surface area contributed by atoms with Gasteiger partial charge in [-0.25, -0.2) is 0 Å². The number of nitrogens with zero attached hydrogens (tertiary/aromatic N) is 2. The zero-order valence-electron chi connectivity index (χ0n) is 17.7. The lowest BCUT2D eigenvalue weighted by Gasteiger charge is -2.54. The number of aromatic nitrogens is 1. The van der Waals surface area contributed by atoms with Gasteiger partial charge in [0.15, 0.2) is 0 Å². The number of benzene rings is 1. The normalized spacial score (nSPS) is 31.8. The number of methoxy groups -OCH3 is 1. The van der Waals surface area contributed by atoms with Crippen molar-refractivity contribution in [3.05, 3.63) is 36.0 Å². The average molecular weight is 398 g/mol. The Morgan fingerprint density at radius 2 is 2.07 bits per heavy atom. The van der Waals surface area contributed by atoms with E-state index in [1.807, 2.05) is 13.3 Å². The number of rotatable bonds is 5. The van der Waals surface area contributed by atoms with Crippen molar-refractivity contribution in [2.75, 3.05) is 53.1 Å². The third kappa shape index (κ3) is 3.98. The topological polar surface area (TPSA) is 40.7 Å². The molecule has 0 amide bonds. The Labute approximate surface area is 174 Å². The molecule has 1 aromatic carbocycles. The summed E-state index contributed by atoms with van der Waals surface area (Å²) in [5.74, 6) is 0.785. The van der Waals surface area contributed by atoms with Gasteiger partial charge in [0, 0.05) is 56.5 Å². The lowest BCUT2D eigenvalue weighted by atomic mass is 9.61. The first-order valence-electron chi connectivity index (χ1n) is 11.3. The van der Waals surface area contributed by atoms with Crippen LogP contribution in [-0.4, -0.2) is 73.9 Å². The van der Waals surface area contributed by atoms with Gasteiger partial charge in [-0.05, 0) is 67.3 Å². The molecule has 0 bridgehead atoms. The first kappa shape index (κ1) is 19.6. The van der Waals surface area contributed by atoms with Crippen LogP contribution in [0.25, 0.3) is 10.9 Å². The Morgan fingerprint density at radius 1 is 1.17 bits per heavy atom. The van der Waals surface area contributed by atoms with Crippen LogP contribution in [0.5, 0.6) is 0 Å². The average Bonchev–Trinajstić information content (AvgIpc) is 3.22. The van der Waals surface area contributed by atoms with Crippen LogP contribution < -0.4 is 0 Å². The maximum absolute atomic E-state index is 5.80. The SMILES string of the molecule is COC[C@@]12CC[C@@H](N3CCOCC3)C[C@H]1CCN(Cc1ccc3[nH]ccc3c1)C2.